The summed E-state index contributed by atoms with van der Waals surface area (Å²) in [6.45, 7) is 4.04. The van der Waals surface area contributed by atoms with Crippen molar-refractivity contribution in [2.24, 2.45) is 5.92 Å². The molecule has 144 valence electrons. The van der Waals surface area contributed by atoms with Gasteiger partial charge in [-0.05, 0) is 49.6 Å². The average molecular weight is 377 g/mol. The first-order valence-corrected chi connectivity index (χ1v) is 9.47. The van der Waals surface area contributed by atoms with Crippen LogP contribution in [-0.2, 0) is 11.3 Å². The molecule has 0 spiro atoms. The van der Waals surface area contributed by atoms with E-state index in [1.165, 1.54) is 0 Å². The zero-order chi connectivity index (χ0) is 19.3. The van der Waals surface area contributed by atoms with E-state index < -0.39 is 0 Å². The van der Waals surface area contributed by atoms with Crippen molar-refractivity contribution in [3.63, 3.8) is 0 Å². The summed E-state index contributed by atoms with van der Waals surface area (Å²) in [6.07, 6.45) is 6.98. The van der Waals surface area contributed by atoms with Crippen LogP contribution in [0.3, 0.4) is 0 Å². The lowest BCUT2D eigenvalue weighted by Crippen LogP contribution is -2.40. The van der Waals surface area contributed by atoms with Gasteiger partial charge in [-0.2, -0.15) is 5.10 Å². The van der Waals surface area contributed by atoms with Gasteiger partial charge in [0, 0.05) is 44.1 Å². The number of rotatable bonds is 5. The second-order valence-electron chi connectivity index (χ2n) is 6.99. The number of piperidine rings is 1. The maximum Gasteiger partial charge on any atom is 0.223 e. The van der Waals surface area contributed by atoms with Crippen molar-refractivity contribution in [1.29, 1.82) is 0 Å². The quantitative estimate of drug-likeness (QED) is 0.731. The number of aromatic nitrogens is 5. The second kappa shape index (κ2) is 8.16. The van der Waals surface area contributed by atoms with Gasteiger partial charge in [0.25, 0.3) is 0 Å². The number of carbonyl (C=O) groups excluding carboxylic acids is 1. The molecule has 4 heterocycles. The van der Waals surface area contributed by atoms with E-state index in [9.17, 15) is 4.79 Å². The van der Waals surface area contributed by atoms with E-state index in [1.807, 2.05) is 43.5 Å². The molecule has 3 aromatic heterocycles. The Kier molecular flexibility index (Phi) is 5.27. The Balaban J connectivity index is 1.29. The molecule has 1 aliphatic heterocycles. The smallest absolute Gasteiger partial charge is 0.223 e. The predicted molar refractivity (Wildman–Crippen MR) is 105 cm³/mol. The van der Waals surface area contributed by atoms with Gasteiger partial charge in [0.15, 0.2) is 11.6 Å². The number of nitrogens with one attached hydrogen (secondary N) is 1. The molecule has 1 aliphatic rings. The molecule has 0 aromatic carbocycles. The Morgan fingerprint density at radius 1 is 1.14 bits per heavy atom. The normalized spacial score (nSPS) is 14.8. The lowest BCUT2D eigenvalue weighted by molar-refractivity contribution is -0.125. The Bertz CT molecular complexity index is 915. The van der Waals surface area contributed by atoms with Crippen LogP contribution in [0, 0.1) is 12.8 Å². The summed E-state index contributed by atoms with van der Waals surface area (Å²) in [5.41, 5.74) is 1.95. The largest absolute Gasteiger partial charge is 0.355 e. The minimum absolute atomic E-state index is 0.0344. The molecule has 0 aliphatic carbocycles. The average Bonchev–Trinajstić information content (AvgIpc) is 3.19. The molecule has 3 aromatic rings. The van der Waals surface area contributed by atoms with E-state index in [2.05, 4.69) is 30.5 Å². The van der Waals surface area contributed by atoms with Gasteiger partial charge in [-0.25, -0.2) is 4.68 Å². The van der Waals surface area contributed by atoms with Crippen LogP contribution in [0.5, 0.6) is 0 Å². The highest BCUT2D eigenvalue weighted by molar-refractivity contribution is 5.78. The minimum Gasteiger partial charge on any atom is -0.355 e. The van der Waals surface area contributed by atoms with Crippen molar-refractivity contribution < 1.29 is 4.79 Å². The second-order valence-corrected chi connectivity index (χ2v) is 6.99. The molecule has 8 nitrogen and oxygen atoms in total. The van der Waals surface area contributed by atoms with Gasteiger partial charge in [-0.15, -0.1) is 10.2 Å². The van der Waals surface area contributed by atoms with Gasteiger partial charge in [-0.3, -0.25) is 9.78 Å². The molecule has 28 heavy (non-hydrogen) atoms. The minimum atomic E-state index is 0.0344. The Hall–Kier alpha value is -3.29. The number of aryl methyl sites for hydroxylation is 1. The number of pyridine rings is 1. The van der Waals surface area contributed by atoms with Crippen molar-refractivity contribution in [3.05, 3.63) is 60.2 Å². The van der Waals surface area contributed by atoms with Crippen LogP contribution in [0.25, 0.3) is 5.82 Å². The maximum atomic E-state index is 12.4. The van der Waals surface area contributed by atoms with Gasteiger partial charge >= 0.3 is 0 Å². The van der Waals surface area contributed by atoms with Crippen molar-refractivity contribution in [2.75, 3.05) is 18.0 Å². The molecule has 0 atom stereocenters. The fourth-order valence-electron chi connectivity index (χ4n) is 3.36. The number of hydrogen-bond donors (Lipinski definition) is 1. The fraction of sp³-hybridized carbons (Fsp3) is 0.350. The SMILES string of the molecule is Cc1ccn(-c2ccc(N3CCC(C(=O)NCc4cccnc4)CC3)nn2)n1. The summed E-state index contributed by atoms with van der Waals surface area (Å²) in [4.78, 5) is 18.7. The molecule has 0 radical (unpaired) electrons. The summed E-state index contributed by atoms with van der Waals surface area (Å²) in [5, 5.41) is 16.0. The lowest BCUT2D eigenvalue weighted by Gasteiger charge is -2.31. The van der Waals surface area contributed by atoms with Crippen LogP contribution in [0.1, 0.15) is 24.1 Å². The first-order chi connectivity index (χ1) is 13.7. The summed E-state index contributed by atoms with van der Waals surface area (Å²) < 4.78 is 1.71. The Morgan fingerprint density at radius 3 is 2.57 bits per heavy atom. The van der Waals surface area contributed by atoms with Crippen molar-refractivity contribution >= 4 is 11.7 Å². The molecule has 0 unspecified atom stereocenters. The molecule has 0 saturated carbocycles. The van der Waals surface area contributed by atoms with Gasteiger partial charge < -0.3 is 10.2 Å². The fourth-order valence-corrected chi connectivity index (χ4v) is 3.36. The van der Waals surface area contributed by atoms with Crippen molar-refractivity contribution in [3.8, 4) is 5.82 Å². The highest BCUT2D eigenvalue weighted by Crippen LogP contribution is 2.22. The number of amides is 1. The lowest BCUT2D eigenvalue weighted by atomic mass is 9.96. The van der Waals surface area contributed by atoms with Gasteiger partial charge in [0.05, 0.1) is 5.69 Å². The molecular formula is C20H23N7O. The third-order valence-electron chi connectivity index (χ3n) is 4.97. The van der Waals surface area contributed by atoms with Gasteiger partial charge in [-0.1, -0.05) is 6.07 Å². The third-order valence-corrected chi connectivity index (χ3v) is 4.97. The molecule has 4 rings (SSSR count). The summed E-state index contributed by atoms with van der Waals surface area (Å²) >= 11 is 0. The summed E-state index contributed by atoms with van der Waals surface area (Å²) in [7, 11) is 0. The zero-order valence-corrected chi connectivity index (χ0v) is 15.8. The topological polar surface area (TPSA) is 88.8 Å². The van der Waals surface area contributed by atoms with Crippen LogP contribution in [0.2, 0.25) is 0 Å². The van der Waals surface area contributed by atoms with Gasteiger partial charge in [0.2, 0.25) is 5.91 Å². The highest BCUT2D eigenvalue weighted by atomic mass is 16.1. The number of anilines is 1. The number of carbonyl (C=O) groups is 1. The molecule has 1 saturated heterocycles. The van der Waals surface area contributed by atoms with E-state index in [1.54, 1.807) is 17.1 Å². The summed E-state index contributed by atoms with van der Waals surface area (Å²) in [6, 6.07) is 9.64. The highest BCUT2D eigenvalue weighted by Gasteiger charge is 2.25. The first-order valence-electron chi connectivity index (χ1n) is 9.47. The van der Waals surface area contributed by atoms with Crippen LogP contribution < -0.4 is 10.2 Å². The maximum absolute atomic E-state index is 12.4. The molecule has 8 heteroatoms. The van der Waals surface area contributed by atoms with E-state index in [-0.39, 0.29) is 11.8 Å². The molecule has 1 fully saturated rings. The van der Waals surface area contributed by atoms with Crippen LogP contribution in [-0.4, -0.2) is 44.0 Å². The zero-order valence-electron chi connectivity index (χ0n) is 15.8. The molecular weight excluding hydrogens is 354 g/mol. The first kappa shape index (κ1) is 18.1. The van der Waals surface area contributed by atoms with Crippen LogP contribution in [0.4, 0.5) is 5.82 Å². The predicted octanol–water partition coefficient (Wildman–Crippen LogP) is 1.90. The van der Waals surface area contributed by atoms with Crippen molar-refractivity contribution in [1.82, 2.24) is 30.3 Å². The standard InChI is InChI=1S/C20H23N7O/c1-15-6-12-27(25-15)19-5-4-18(23-24-19)26-10-7-17(8-11-26)20(28)22-14-16-3-2-9-21-13-16/h2-6,9,12-13,17H,7-8,10-11,14H2,1H3,(H,22,28). The molecule has 1 N–H and O–H groups in total. The van der Waals surface area contributed by atoms with Crippen molar-refractivity contribution in [2.45, 2.75) is 26.3 Å². The number of hydrogen-bond acceptors (Lipinski definition) is 6. The molecule has 1 amide bonds. The number of nitrogens with zero attached hydrogens (tertiary/aromatic N) is 6. The van der Waals surface area contributed by atoms with E-state index in [0.717, 1.165) is 43.0 Å². The van der Waals surface area contributed by atoms with Crippen LogP contribution in [0.15, 0.2) is 48.9 Å². The Labute approximate surface area is 163 Å². The summed E-state index contributed by atoms with van der Waals surface area (Å²) in [5.74, 6) is 1.68. The van der Waals surface area contributed by atoms with Gasteiger partial charge in [0.1, 0.15) is 0 Å². The molecule has 0 bridgehead atoms. The Morgan fingerprint density at radius 2 is 1.93 bits per heavy atom. The van der Waals surface area contributed by atoms with E-state index in [4.69, 9.17) is 0 Å². The van der Waals surface area contributed by atoms with E-state index >= 15 is 0 Å². The van der Waals surface area contributed by atoms with E-state index in [0.29, 0.717) is 12.4 Å². The monoisotopic (exact) mass is 377 g/mol. The third kappa shape index (κ3) is 4.16. The van der Waals surface area contributed by atoms with Crippen LogP contribution >= 0.6 is 0 Å².